The molecule has 1 aliphatic heterocycles. The summed E-state index contributed by atoms with van der Waals surface area (Å²) < 4.78 is 32.3. The Morgan fingerprint density at radius 2 is 2.14 bits per heavy atom. The smallest absolute Gasteiger partial charge is 0.339 e. The van der Waals surface area contributed by atoms with Crippen molar-refractivity contribution in [1.82, 2.24) is 10.0 Å². The minimum absolute atomic E-state index is 0.0458. The fourth-order valence-electron chi connectivity index (χ4n) is 2.60. The average Bonchev–Trinajstić information content (AvgIpc) is 2.53. The Kier molecular flexibility index (Phi) is 5.20. The molecule has 0 amide bonds. The van der Waals surface area contributed by atoms with Gasteiger partial charge in [0.15, 0.2) is 0 Å². The van der Waals surface area contributed by atoms with Gasteiger partial charge in [-0.05, 0) is 36.9 Å². The van der Waals surface area contributed by atoms with Gasteiger partial charge in [-0.2, -0.15) is 0 Å². The zero-order chi connectivity index (χ0) is 16.2. The zero-order valence-corrected chi connectivity index (χ0v) is 13.7. The van der Waals surface area contributed by atoms with Crippen LogP contribution in [0.1, 0.15) is 30.1 Å². The Labute approximate surface area is 131 Å². The Morgan fingerprint density at radius 1 is 1.41 bits per heavy atom. The summed E-state index contributed by atoms with van der Waals surface area (Å²) in [6, 6.07) is 6.06. The largest absolute Gasteiger partial charge is 0.465 e. The number of rotatable bonds is 5. The molecule has 122 valence electrons. The van der Waals surface area contributed by atoms with Gasteiger partial charge in [0.25, 0.3) is 0 Å². The second kappa shape index (κ2) is 6.76. The number of hydrogen-bond acceptors (Lipinski definition) is 5. The highest BCUT2D eigenvalue weighted by molar-refractivity contribution is 7.89. The van der Waals surface area contributed by atoms with Crippen molar-refractivity contribution in [3.8, 4) is 0 Å². The van der Waals surface area contributed by atoms with Crippen LogP contribution in [0.15, 0.2) is 29.2 Å². The molecule has 1 saturated heterocycles. The van der Waals surface area contributed by atoms with E-state index in [1.807, 2.05) is 6.92 Å². The van der Waals surface area contributed by atoms with Crippen molar-refractivity contribution in [3.63, 3.8) is 0 Å². The first-order valence-corrected chi connectivity index (χ1v) is 8.74. The zero-order valence-electron chi connectivity index (χ0n) is 12.9. The molecule has 6 nitrogen and oxygen atoms in total. The molecule has 0 spiro atoms. The van der Waals surface area contributed by atoms with Crippen LogP contribution in [-0.4, -0.2) is 41.1 Å². The van der Waals surface area contributed by atoms with Gasteiger partial charge in [0, 0.05) is 13.1 Å². The third-order valence-electron chi connectivity index (χ3n) is 3.96. The second-order valence-corrected chi connectivity index (χ2v) is 7.64. The lowest BCUT2D eigenvalue weighted by molar-refractivity contribution is 0.0596. The molecule has 0 radical (unpaired) electrons. The lowest BCUT2D eigenvalue weighted by Gasteiger charge is -2.34. The summed E-state index contributed by atoms with van der Waals surface area (Å²) in [6.07, 6.45) is 1.98. The van der Waals surface area contributed by atoms with Gasteiger partial charge in [-0.3, -0.25) is 0 Å². The Bertz CT molecular complexity index is 637. The van der Waals surface area contributed by atoms with Crippen LogP contribution >= 0.6 is 0 Å². The summed E-state index contributed by atoms with van der Waals surface area (Å²) in [5, 5.41) is 3.28. The molecule has 0 aliphatic carbocycles. The first-order valence-electron chi connectivity index (χ1n) is 7.26. The molecular weight excluding hydrogens is 304 g/mol. The third kappa shape index (κ3) is 3.85. The minimum Gasteiger partial charge on any atom is -0.465 e. The molecular formula is C15H22N2O4S. The molecule has 2 N–H and O–H groups in total. The highest BCUT2D eigenvalue weighted by Crippen LogP contribution is 2.25. The minimum atomic E-state index is -3.76. The van der Waals surface area contributed by atoms with E-state index in [2.05, 4.69) is 14.8 Å². The van der Waals surface area contributed by atoms with E-state index in [9.17, 15) is 13.2 Å². The van der Waals surface area contributed by atoms with E-state index in [0.717, 1.165) is 25.9 Å². The van der Waals surface area contributed by atoms with Gasteiger partial charge < -0.3 is 10.1 Å². The first kappa shape index (κ1) is 16.9. The van der Waals surface area contributed by atoms with Gasteiger partial charge in [0.1, 0.15) is 0 Å². The van der Waals surface area contributed by atoms with Gasteiger partial charge in [-0.15, -0.1) is 0 Å². The van der Waals surface area contributed by atoms with Crippen molar-refractivity contribution in [2.45, 2.75) is 24.7 Å². The summed E-state index contributed by atoms with van der Waals surface area (Å²) in [7, 11) is -2.53. The SMILES string of the molecule is COC(=O)c1ccccc1S(=O)(=O)NCC1(C)CCCNC1. The van der Waals surface area contributed by atoms with Crippen LogP contribution in [0.4, 0.5) is 0 Å². The quantitative estimate of drug-likeness (QED) is 0.793. The van der Waals surface area contributed by atoms with E-state index < -0.39 is 16.0 Å². The van der Waals surface area contributed by atoms with Crippen LogP contribution in [0.3, 0.4) is 0 Å². The molecule has 0 saturated carbocycles. The van der Waals surface area contributed by atoms with Gasteiger partial charge in [-0.25, -0.2) is 17.9 Å². The standard InChI is InChI=1S/C15H22N2O4S/c1-15(8-5-9-16-10-15)11-17-22(19,20)13-7-4-3-6-12(13)14(18)21-2/h3-4,6-7,16-17H,5,8-11H2,1-2H3. The maximum Gasteiger partial charge on any atom is 0.339 e. The van der Waals surface area contributed by atoms with Crippen molar-refractivity contribution in [2.75, 3.05) is 26.7 Å². The normalized spacial score (nSPS) is 22.3. The number of benzene rings is 1. The van der Waals surface area contributed by atoms with Crippen LogP contribution in [0.5, 0.6) is 0 Å². The number of sulfonamides is 1. The summed E-state index contributed by atoms with van der Waals surface area (Å²) >= 11 is 0. The maximum absolute atomic E-state index is 12.5. The third-order valence-corrected chi connectivity index (χ3v) is 5.42. The van der Waals surface area contributed by atoms with E-state index in [0.29, 0.717) is 6.54 Å². The van der Waals surface area contributed by atoms with E-state index in [1.165, 1.54) is 19.2 Å². The first-order chi connectivity index (χ1) is 10.4. The molecule has 1 aromatic carbocycles. The van der Waals surface area contributed by atoms with Crippen LogP contribution in [0.2, 0.25) is 0 Å². The number of piperidine rings is 1. The van der Waals surface area contributed by atoms with E-state index in [1.54, 1.807) is 12.1 Å². The maximum atomic E-state index is 12.5. The highest BCUT2D eigenvalue weighted by atomic mass is 32.2. The van der Waals surface area contributed by atoms with Crippen molar-refractivity contribution in [3.05, 3.63) is 29.8 Å². The average molecular weight is 326 g/mol. The van der Waals surface area contributed by atoms with Crippen LogP contribution in [0.25, 0.3) is 0 Å². The topological polar surface area (TPSA) is 84.5 Å². The number of carbonyl (C=O) groups excluding carboxylic acids is 1. The number of methoxy groups -OCH3 is 1. The molecule has 1 aromatic rings. The van der Waals surface area contributed by atoms with Gasteiger partial charge in [-0.1, -0.05) is 19.1 Å². The lowest BCUT2D eigenvalue weighted by Crippen LogP contribution is -2.45. The number of carbonyl (C=O) groups is 1. The van der Waals surface area contributed by atoms with Gasteiger partial charge >= 0.3 is 5.97 Å². The van der Waals surface area contributed by atoms with E-state index in [-0.39, 0.29) is 15.9 Å². The number of nitrogens with one attached hydrogen (secondary N) is 2. The molecule has 2 rings (SSSR count). The number of hydrogen-bond donors (Lipinski definition) is 2. The number of esters is 1. The van der Waals surface area contributed by atoms with Crippen LogP contribution < -0.4 is 10.0 Å². The fourth-order valence-corrected chi connectivity index (χ4v) is 3.99. The van der Waals surface area contributed by atoms with E-state index in [4.69, 9.17) is 0 Å². The van der Waals surface area contributed by atoms with Crippen molar-refractivity contribution in [1.29, 1.82) is 0 Å². The molecule has 0 bridgehead atoms. The van der Waals surface area contributed by atoms with Crippen molar-refractivity contribution >= 4 is 16.0 Å². The second-order valence-electron chi connectivity index (χ2n) is 5.90. The predicted octanol–water partition coefficient (Wildman–Crippen LogP) is 1.14. The number of ether oxygens (including phenoxy) is 1. The van der Waals surface area contributed by atoms with Crippen LogP contribution in [-0.2, 0) is 14.8 Å². The van der Waals surface area contributed by atoms with Gasteiger partial charge in [0.2, 0.25) is 10.0 Å². The van der Waals surface area contributed by atoms with Crippen LogP contribution in [0, 0.1) is 5.41 Å². The molecule has 22 heavy (non-hydrogen) atoms. The molecule has 7 heteroatoms. The molecule has 1 heterocycles. The van der Waals surface area contributed by atoms with E-state index >= 15 is 0 Å². The summed E-state index contributed by atoms with van der Waals surface area (Å²) in [5.41, 5.74) is -0.0738. The Hall–Kier alpha value is -1.44. The molecule has 0 aromatic heterocycles. The monoisotopic (exact) mass is 326 g/mol. The summed E-state index contributed by atoms with van der Waals surface area (Å²) in [6.45, 7) is 4.12. The molecule has 1 fully saturated rings. The summed E-state index contributed by atoms with van der Waals surface area (Å²) in [4.78, 5) is 11.7. The van der Waals surface area contributed by atoms with Crippen molar-refractivity contribution in [2.24, 2.45) is 5.41 Å². The lowest BCUT2D eigenvalue weighted by atomic mass is 9.83. The summed E-state index contributed by atoms with van der Waals surface area (Å²) in [5.74, 6) is -0.661. The molecule has 1 aliphatic rings. The Balaban J connectivity index is 2.19. The van der Waals surface area contributed by atoms with Gasteiger partial charge in [0.05, 0.1) is 17.6 Å². The fraction of sp³-hybridized carbons (Fsp3) is 0.533. The van der Waals surface area contributed by atoms with Crippen molar-refractivity contribution < 1.29 is 17.9 Å². The predicted molar refractivity (Wildman–Crippen MR) is 83.2 cm³/mol. The molecule has 1 unspecified atom stereocenters. The highest BCUT2D eigenvalue weighted by Gasteiger charge is 2.30. The molecule has 1 atom stereocenters. The Morgan fingerprint density at radius 3 is 2.77 bits per heavy atom.